The number of rotatable bonds is 8. The monoisotopic (exact) mass is 547 g/mol. The third kappa shape index (κ3) is 4.91. The quantitative estimate of drug-likeness (QED) is 0.222. The molecular weight excluding hydrogens is 518 g/mol. The van der Waals surface area contributed by atoms with Gasteiger partial charge in [-0.1, -0.05) is 60.2 Å². The van der Waals surface area contributed by atoms with Gasteiger partial charge in [-0.25, -0.2) is 0 Å². The van der Waals surface area contributed by atoms with Crippen molar-refractivity contribution in [3.63, 3.8) is 0 Å². The Morgan fingerprint density at radius 1 is 0.805 bits per heavy atom. The standard InChI is InChI=1S/C34H29NO6/c1-21-9-15-27-26(17-21)32(36)30-31(35(34(37)33(30)41-27)19-22-10-13-25(38-2)14-11-22)24-12-16-28(29(18-24)39-3)40-20-23-7-5-4-6-8-23/h4-18,31H,19-20H2,1-3H3. The van der Waals surface area contributed by atoms with Crippen LogP contribution in [-0.4, -0.2) is 25.0 Å². The summed E-state index contributed by atoms with van der Waals surface area (Å²) in [7, 11) is 3.18. The topological polar surface area (TPSA) is 78.2 Å². The van der Waals surface area contributed by atoms with Gasteiger partial charge in [0.15, 0.2) is 16.9 Å². The molecule has 0 N–H and O–H groups in total. The Morgan fingerprint density at radius 2 is 1.59 bits per heavy atom. The first-order valence-corrected chi connectivity index (χ1v) is 13.3. The molecule has 1 atom stereocenters. The zero-order chi connectivity index (χ0) is 28.5. The van der Waals surface area contributed by atoms with Crippen molar-refractivity contribution in [3.05, 3.63) is 135 Å². The van der Waals surface area contributed by atoms with E-state index in [1.165, 1.54) is 0 Å². The normalized spacial score (nSPS) is 14.3. The fraction of sp³-hybridized carbons (Fsp3) is 0.176. The minimum absolute atomic E-state index is 0.0632. The van der Waals surface area contributed by atoms with E-state index in [9.17, 15) is 9.59 Å². The summed E-state index contributed by atoms with van der Waals surface area (Å²) in [5.74, 6) is 1.50. The molecule has 2 heterocycles. The molecule has 7 nitrogen and oxygen atoms in total. The molecule has 1 aliphatic heterocycles. The van der Waals surface area contributed by atoms with Crippen LogP contribution in [0.3, 0.4) is 0 Å². The molecule has 1 aliphatic rings. The molecule has 5 aromatic rings. The highest BCUT2D eigenvalue weighted by Crippen LogP contribution is 2.42. The molecule has 0 radical (unpaired) electrons. The predicted molar refractivity (Wildman–Crippen MR) is 156 cm³/mol. The van der Waals surface area contributed by atoms with Crippen molar-refractivity contribution in [3.8, 4) is 17.2 Å². The van der Waals surface area contributed by atoms with Gasteiger partial charge in [0, 0.05) is 6.54 Å². The van der Waals surface area contributed by atoms with Crippen molar-refractivity contribution in [1.82, 2.24) is 4.90 Å². The van der Waals surface area contributed by atoms with Gasteiger partial charge < -0.3 is 23.5 Å². The van der Waals surface area contributed by atoms with Crippen molar-refractivity contribution < 1.29 is 23.4 Å². The van der Waals surface area contributed by atoms with Gasteiger partial charge in [0.1, 0.15) is 17.9 Å². The number of methoxy groups -OCH3 is 2. The van der Waals surface area contributed by atoms with E-state index in [0.717, 1.165) is 22.4 Å². The van der Waals surface area contributed by atoms with E-state index in [-0.39, 0.29) is 23.6 Å². The van der Waals surface area contributed by atoms with Gasteiger partial charge in [-0.3, -0.25) is 9.59 Å². The largest absolute Gasteiger partial charge is 0.497 e. The van der Waals surface area contributed by atoms with E-state index >= 15 is 0 Å². The Labute approximate surface area is 237 Å². The molecule has 6 rings (SSSR count). The first-order chi connectivity index (χ1) is 20.0. The summed E-state index contributed by atoms with van der Waals surface area (Å²) in [4.78, 5) is 29.5. The fourth-order valence-corrected chi connectivity index (χ4v) is 5.28. The molecule has 0 bridgehead atoms. The van der Waals surface area contributed by atoms with Crippen molar-refractivity contribution in [2.75, 3.05) is 14.2 Å². The van der Waals surface area contributed by atoms with Crippen LogP contribution < -0.4 is 19.6 Å². The Kier molecular flexibility index (Phi) is 6.93. The van der Waals surface area contributed by atoms with Crippen LogP contribution >= 0.6 is 0 Å². The third-order valence-electron chi connectivity index (χ3n) is 7.37. The number of benzene rings is 4. The zero-order valence-electron chi connectivity index (χ0n) is 23.0. The van der Waals surface area contributed by atoms with Gasteiger partial charge >= 0.3 is 0 Å². The summed E-state index contributed by atoms with van der Waals surface area (Å²) < 4.78 is 23.2. The smallest absolute Gasteiger partial charge is 0.291 e. The summed E-state index contributed by atoms with van der Waals surface area (Å²) >= 11 is 0. The molecule has 0 fully saturated rings. The summed E-state index contributed by atoms with van der Waals surface area (Å²) in [6.45, 7) is 2.56. The minimum Gasteiger partial charge on any atom is -0.497 e. The van der Waals surface area contributed by atoms with Gasteiger partial charge in [0.25, 0.3) is 5.91 Å². The SMILES string of the molecule is COc1ccc(CN2C(=O)c3oc4ccc(C)cc4c(=O)c3C2c2ccc(OCc3ccccc3)c(OC)c2)cc1. The average Bonchev–Trinajstić information content (AvgIpc) is 3.28. The molecule has 41 heavy (non-hydrogen) atoms. The minimum atomic E-state index is -0.683. The maximum atomic E-state index is 14.0. The Hall–Kier alpha value is -5.04. The van der Waals surface area contributed by atoms with Crippen LogP contribution in [-0.2, 0) is 13.2 Å². The molecule has 1 amide bonds. The number of nitrogens with zero attached hydrogens (tertiary/aromatic N) is 1. The third-order valence-corrected chi connectivity index (χ3v) is 7.37. The lowest BCUT2D eigenvalue weighted by molar-refractivity contribution is 0.0714. The van der Waals surface area contributed by atoms with Gasteiger partial charge in [-0.15, -0.1) is 0 Å². The lowest BCUT2D eigenvalue weighted by atomic mass is 9.97. The fourth-order valence-electron chi connectivity index (χ4n) is 5.28. The molecule has 0 aliphatic carbocycles. The molecule has 0 saturated heterocycles. The molecule has 1 aromatic heterocycles. The molecule has 206 valence electrons. The number of carbonyl (C=O) groups excluding carboxylic acids is 1. The molecule has 7 heteroatoms. The first kappa shape index (κ1) is 26.2. The van der Waals surface area contributed by atoms with Crippen LogP contribution in [0.5, 0.6) is 17.2 Å². The summed E-state index contributed by atoms with van der Waals surface area (Å²) in [5.41, 5.74) is 4.06. The Morgan fingerprint density at radius 3 is 2.32 bits per heavy atom. The van der Waals surface area contributed by atoms with E-state index in [4.69, 9.17) is 18.6 Å². The summed E-state index contributed by atoms with van der Waals surface area (Å²) in [6.07, 6.45) is 0. The molecule has 0 saturated carbocycles. The number of carbonyl (C=O) groups is 1. The number of fused-ring (bicyclic) bond motifs is 2. The molecule has 0 spiro atoms. The number of aryl methyl sites for hydroxylation is 1. The van der Waals surface area contributed by atoms with Crippen molar-refractivity contribution >= 4 is 16.9 Å². The Balaban J connectivity index is 1.44. The molecule has 1 unspecified atom stereocenters. The zero-order valence-corrected chi connectivity index (χ0v) is 23.0. The van der Waals surface area contributed by atoms with Crippen molar-refractivity contribution in [2.24, 2.45) is 0 Å². The number of hydrogen-bond acceptors (Lipinski definition) is 6. The Bertz CT molecular complexity index is 1790. The predicted octanol–water partition coefficient (Wildman–Crippen LogP) is 6.44. The lowest BCUT2D eigenvalue weighted by Crippen LogP contribution is -2.29. The van der Waals surface area contributed by atoms with Gasteiger partial charge in [0.05, 0.1) is 31.2 Å². The first-order valence-electron chi connectivity index (χ1n) is 13.3. The second kappa shape index (κ2) is 10.8. The second-order valence-corrected chi connectivity index (χ2v) is 10.0. The van der Waals surface area contributed by atoms with E-state index in [1.54, 1.807) is 31.3 Å². The van der Waals surface area contributed by atoms with Gasteiger partial charge in [0.2, 0.25) is 5.76 Å². The highest BCUT2D eigenvalue weighted by atomic mass is 16.5. The molecular formula is C34H29NO6. The van der Waals surface area contributed by atoms with Crippen LogP contribution in [0.1, 0.15) is 44.4 Å². The lowest BCUT2D eigenvalue weighted by Gasteiger charge is -2.26. The highest BCUT2D eigenvalue weighted by molar-refractivity contribution is 5.99. The van der Waals surface area contributed by atoms with E-state index in [1.807, 2.05) is 85.8 Å². The second-order valence-electron chi connectivity index (χ2n) is 10.0. The maximum absolute atomic E-state index is 14.0. The number of amides is 1. The van der Waals surface area contributed by atoms with Crippen molar-refractivity contribution in [2.45, 2.75) is 26.1 Å². The van der Waals surface area contributed by atoms with Crippen LogP contribution in [0.4, 0.5) is 0 Å². The number of hydrogen-bond donors (Lipinski definition) is 0. The maximum Gasteiger partial charge on any atom is 0.291 e. The summed E-state index contributed by atoms with van der Waals surface area (Å²) in [5, 5.41) is 0.447. The molecule has 4 aromatic carbocycles. The highest BCUT2D eigenvalue weighted by Gasteiger charge is 2.43. The van der Waals surface area contributed by atoms with Crippen LogP contribution in [0.25, 0.3) is 11.0 Å². The summed E-state index contributed by atoms with van der Waals surface area (Å²) in [6, 6.07) is 27.6. The van der Waals surface area contributed by atoms with Crippen LogP contribution in [0.2, 0.25) is 0 Å². The van der Waals surface area contributed by atoms with Gasteiger partial charge in [-0.05, 0) is 60.0 Å². The van der Waals surface area contributed by atoms with Crippen LogP contribution in [0.15, 0.2) is 100 Å². The number of ether oxygens (including phenoxy) is 3. The van der Waals surface area contributed by atoms with Gasteiger partial charge in [-0.2, -0.15) is 0 Å². The van der Waals surface area contributed by atoms with Crippen LogP contribution in [0, 0.1) is 6.92 Å². The van der Waals surface area contributed by atoms with Crippen molar-refractivity contribution in [1.29, 1.82) is 0 Å². The van der Waals surface area contributed by atoms with E-state index in [2.05, 4.69) is 0 Å². The van der Waals surface area contributed by atoms with E-state index in [0.29, 0.717) is 40.2 Å². The average molecular weight is 548 g/mol. The van der Waals surface area contributed by atoms with E-state index < -0.39 is 6.04 Å².